The third-order valence-corrected chi connectivity index (χ3v) is 14.7. The minimum Gasteiger partial charge on any atom is -0.357 e. The van der Waals surface area contributed by atoms with Gasteiger partial charge < -0.3 is 28.2 Å². The van der Waals surface area contributed by atoms with Crippen molar-refractivity contribution in [1.29, 1.82) is 0 Å². The molecule has 2 unspecified atom stereocenters. The van der Waals surface area contributed by atoms with Crippen LogP contribution in [0.15, 0.2) is 170 Å². The summed E-state index contributed by atoms with van der Waals surface area (Å²) in [4.78, 5) is 9.68. The van der Waals surface area contributed by atoms with Gasteiger partial charge in [-0.2, -0.15) is 48.5 Å². The van der Waals surface area contributed by atoms with Gasteiger partial charge in [0.1, 0.15) is 0 Å². The van der Waals surface area contributed by atoms with E-state index in [2.05, 4.69) is 204 Å². The number of pyridine rings is 2. The van der Waals surface area contributed by atoms with Gasteiger partial charge in [0.05, 0.1) is 36.2 Å². The first-order valence-corrected chi connectivity index (χ1v) is 21.6. The van der Waals surface area contributed by atoms with E-state index in [1.54, 1.807) is 0 Å². The van der Waals surface area contributed by atoms with Gasteiger partial charge in [0, 0.05) is 42.1 Å². The van der Waals surface area contributed by atoms with E-state index in [-0.39, 0.29) is 42.1 Å². The number of rotatable bonds is 9. The zero-order valence-electron chi connectivity index (χ0n) is 32.4. The molecular weight excluding hydrogens is 1140 g/mol. The fourth-order valence-electron chi connectivity index (χ4n) is 7.40. The van der Waals surface area contributed by atoms with Gasteiger partial charge in [-0.15, -0.1) is 44.7 Å². The molecule has 0 aliphatic rings. The van der Waals surface area contributed by atoms with Gasteiger partial charge in [-0.1, -0.05) is 136 Å². The van der Waals surface area contributed by atoms with E-state index in [4.69, 9.17) is 9.97 Å². The predicted molar refractivity (Wildman–Crippen MR) is 234 cm³/mol. The Morgan fingerprint density at radius 1 is 0.417 bits per heavy atom. The third-order valence-electron chi connectivity index (χ3n) is 10.1. The molecule has 0 radical (unpaired) electrons. The Morgan fingerprint density at radius 2 is 0.800 bits per heavy atom. The summed E-state index contributed by atoms with van der Waals surface area (Å²) in [5.41, 5.74) is 7.53. The molecule has 10 heteroatoms. The van der Waals surface area contributed by atoms with Crippen LogP contribution in [0.25, 0.3) is 44.8 Å². The van der Waals surface area contributed by atoms with Gasteiger partial charge >= 0.3 is 0 Å². The van der Waals surface area contributed by atoms with Crippen LogP contribution in [0, 0.1) is 36.9 Å². The maximum Gasteiger partial charge on any atom is 0.242 e. The summed E-state index contributed by atoms with van der Waals surface area (Å²) in [6.07, 6.45) is 10.7. The molecule has 0 saturated carbocycles. The summed E-state index contributed by atoms with van der Waals surface area (Å²) < 4.78 is 8.22. The molecular formula is C50H34N6P2Pt2-4. The first kappa shape index (κ1) is 41.5. The number of aromatic nitrogens is 6. The first-order valence-electron chi connectivity index (χ1n) is 18.9. The van der Waals surface area contributed by atoms with Crippen LogP contribution >= 0.6 is 15.8 Å². The van der Waals surface area contributed by atoms with E-state index in [1.165, 1.54) is 10.6 Å². The van der Waals surface area contributed by atoms with Crippen molar-refractivity contribution < 1.29 is 51.3 Å². The predicted octanol–water partition coefficient (Wildman–Crippen LogP) is 5.99. The van der Waals surface area contributed by atoms with Crippen molar-refractivity contribution in [2.75, 3.05) is 0 Å². The van der Waals surface area contributed by atoms with E-state index < -0.39 is 15.8 Å². The number of nitrogens with zero attached hydrogens (tertiary/aromatic N) is 6. The van der Waals surface area contributed by atoms with Gasteiger partial charge in [-0.05, 0) is 23.0 Å². The summed E-state index contributed by atoms with van der Waals surface area (Å²) in [6.45, 7) is 0. The Kier molecular flexibility index (Phi) is 12.6. The minimum absolute atomic E-state index is 0. The molecule has 0 bridgehead atoms. The molecule has 0 fully saturated rings. The van der Waals surface area contributed by atoms with E-state index in [9.17, 15) is 0 Å². The van der Waals surface area contributed by atoms with E-state index in [0.29, 0.717) is 11.4 Å². The fourth-order valence-corrected chi connectivity index (χ4v) is 11.8. The zero-order valence-corrected chi connectivity index (χ0v) is 38.7. The topological polar surface area (TPSA) is 43.4 Å². The van der Waals surface area contributed by atoms with Crippen LogP contribution in [0.4, 0.5) is 0 Å². The van der Waals surface area contributed by atoms with Gasteiger partial charge in [-0.3, -0.25) is 0 Å². The Morgan fingerprint density at radius 3 is 1.23 bits per heavy atom. The summed E-state index contributed by atoms with van der Waals surface area (Å²) in [6, 6.07) is 69.8. The maximum absolute atomic E-state index is 4.84. The van der Waals surface area contributed by atoms with E-state index in [1.807, 2.05) is 35.6 Å². The molecule has 6 nitrogen and oxygen atoms in total. The van der Waals surface area contributed by atoms with Crippen LogP contribution in [0.5, 0.6) is 0 Å². The van der Waals surface area contributed by atoms with Gasteiger partial charge in [0.2, 0.25) is 12.7 Å². The smallest absolute Gasteiger partial charge is 0.242 e. The average Bonchev–Trinajstić information content (AvgIpc) is 3.81. The number of fused-ring (bicyclic) bond motifs is 2. The Balaban J connectivity index is 0.00000249. The average molecular weight is 1170 g/mol. The first-order chi connectivity index (χ1) is 28.6. The van der Waals surface area contributed by atoms with Gasteiger partial charge in [-0.25, -0.2) is 12.1 Å². The van der Waals surface area contributed by atoms with Crippen LogP contribution in [-0.2, 0) is 56.2 Å². The SMILES string of the molecule is Cn1[c-][n+](-c2[c-]c(P(c3[c-]c(-c4[c-]c(P(c5[c-]c(-[n+]6[c-]n(C)c7ccccc76)ccc5)c5ccccc5)ccn4)ncc3)c3ccccc3)ccc2)c2ccccc21.[Pt].[Pt]. The normalized spacial score (nSPS) is 12.1. The molecule has 0 amide bonds. The monoisotopic (exact) mass is 1170 g/mol. The van der Waals surface area contributed by atoms with Gasteiger partial charge in [0.15, 0.2) is 0 Å². The zero-order chi connectivity index (χ0) is 39.0. The van der Waals surface area contributed by atoms with Crippen LogP contribution in [0.2, 0.25) is 0 Å². The molecule has 298 valence electrons. The van der Waals surface area contributed by atoms with E-state index >= 15 is 0 Å². The van der Waals surface area contributed by atoms with Crippen molar-refractivity contribution in [3.8, 4) is 22.8 Å². The van der Waals surface area contributed by atoms with Crippen LogP contribution in [-0.4, -0.2) is 19.1 Å². The molecule has 0 N–H and O–H groups in total. The molecule has 60 heavy (non-hydrogen) atoms. The molecule has 0 saturated heterocycles. The van der Waals surface area contributed by atoms with Crippen molar-refractivity contribution >= 4 is 69.7 Å². The molecule has 6 aromatic carbocycles. The Hall–Kier alpha value is -5.20. The van der Waals surface area contributed by atoms with Crippen molar-refractivity contribution in [3.05, 3.63) is 207 Å². The number of hydrogen-bond donors (Lipinski definition) is 0. The third kappa shape index (κ3) is 8.03. The van der Waals surface area contributed by atoms with Gasteiger partial charge in [0.25, 0.3) is 0 Å². The quantitative estimate of drug-likeness (QED) is 0.101. The number of benzene rings is 6. The second kappa shape index (κ2) is 18.2. The standard InChI is InChI=1S/C50H34N6P2.2Pt/c1-53-35-55(49-25-11-9-23-47(49)53)37-15-13-21-41(31-37)57(39-17-5-3-6-18-39)43-27-29-51-45(33-43)46-34-44(28-30-52-46)58(40-19-7-4-8-20-40)42-22-14-16-38(32-42)56-36-54(2)48-24-10-12-26-50(48)56;;/h3-30H,1-2H3;;/q-4;;. The van der Waals surface area contributed by atoms with Crippen molar-refractivity contribution in [3.63, 3.8) is 0 Å². The second-order valence-corrected chi connectivity index (χ2v) is 18.1. The number of aryl methyl sites for hydroxylation is 2. The molecule has 10 rings (SSSR count). The summed E-state index contributed by atoms with van der Waals surface area (Å²) >= 11 is 0. The molecule has 4 heterocycles. The summed E-state index contributed by atoms with van der Waals surface area (Å²) in [5.74, 6) is 0. The molecule has 0 aliphatic heterocycles. The Labute approximate surface area is 381 Å². The van der Waals surface area contributed by atoms with Crippen LogP contribution < -0.4 is 41.0 Å². The number of hydrogen-bond acceptors (Lipinski definition) is 2. The summed E-state index contributed by atoms with van der Waals surface area (Å²) in [7, 11) is 1.93. The summed E-state index contributed by atoms with van der Waals surface area (Å²) in [5, 5.41) is 6.61. The molecule has 0 spiro atoms. The minimum atomic E-state index is -1.06. The maximum atomic E-state index is 4.84. The fraction of sp³-hybridized carbons (Fsp3) is 0.0400. The molecule has 4 aromatic heterocycles. The molecule has 2 atom stereocenters. The van der Waals surface area contributed by atoms with Crippen molar-refractivity contribution in [2.24, 2.45) is 14.1 Å². The number of para-hydroxylation sites is 4. The van der Waals surface area contributed by atoms with Crippen molar-refractivity contribution in [2.45, 2.75) is 0 Å². The van der Waals surface area contributed by atoms with Crippen LogP contribution in [0.1, 0.15) is 0 Å². The second-order valence-electron chi connectivity index (χ2n) is 13.8. The van der Waals surface area contributed by atoms with Crippen LogP contribution in [0.3, 0.4) is 0 Å². The van der Waals surface area contributed by atoms with Crippen molar-refractivity contribution in [1.82, 2.24) is 19.1 Å². The molecule has 10 aromatic rings. The number of imidazole rings is 2. The molecule has 0 aliphatic carbocycles. The largest absolute Gasteiger partial charge is 0.357 e. The van der Waals surface area contributed by atoms with E-state index in [0.717, 1.165) is 54.7 Å². The Bertz CT molecular complexity index is 2870.